The number of halogens is 2. The van der Waals surface area contributed by atoms with Crippen molar-refractivity contribution in [2.75, 3.05) is 33.6 Å². The third kappa shape index (κ3) is 7.15. The fourth-order valence-corrected chi connectivity index (χ4v) is 5.42. The van der Waals surface area contributed by atoms with Crippen molar-refractivity contribution in [2.45, 2.75) is 31.7 Å². The molecule has 1 unspecified atom stereocenters. The molecule has 0 aliphatic carbocycles. The standard InChI is InChI=1S/C30H32ClN5O4.CH3Cl/c1-33-20-28(37)35-26(16-21-10-14-25(40-2)15-11-21)29(38)34(18-23-8-12-24(31)13-9-23)19-27(35)36(33)30(39)32-17-22-6-4-3-5-7-22;1-2/h3-15,26-27H,16-20H2,1-2H3,(H,32,39);1H3/t26-,27?;/m0./s1. The lowest BCUT2D eigenvalue weighted by atomic mass is 9.98. The molecule has 5 rings (SSSR count). The average molecular weight is 613 g/mol. The van der Waals surface area contributed by atoms with Gasteiger partial charge in [-0.25, -0.2) is 14.8 Å². The predicted octanol–water partition coefficient (Wildman–Crippen LogP) is 4.38. The molecule has 0 aromatic heterocycles. The molecule has 0 saturated carbocycles. The Morgan fingerprint density at radius 1 is 0.929 bits per heavy atom. The predicted molar refractivity (Wildman–Crippen MR) is 163 cm³/mol. The molecule has 2 fully saturated rings. The fourth-order valence-electron chi connectivity index (χ4n) is 5.30. The van der Waals surface area contributed by atoms with Gasteiger partial charge in [-0.05, 0) is 41.0 Å². The van der Waals surface area contributed by atoms with E-state index in [0.717, 1.165) is 16.7 Å². The van der Waals surface area contributed by atoms with E-state index in [1.54, 1.807) is 46.1 Å². The van der Waals surface area contributed by atoms with Crippen LogP contribution in [0, 0.1) is 0 Å². The second-order valence-electron chi connectivity index (χ2n) is 10.00. The van der Waals surface area contributed by atoms with Gasteiger partial charge >= 0.3 is 6.03 Å². The number of likely N-dealkylation sites (N-methyl/N-ethyl adjacent to an activating group) is 1. The van der Waals surface area contributed by atoms with Gasteiger partial charge in [-0.2, -0.15) is 0 Å². The SMILES string of the molecule is CCl.COc1ccc(C[C@H]2C(=O)N(Cc3ccc(Cl)cc3)CC3N2C(=O)CN(C)N3C(=O)NCc2ccccc2)cc1. The van der Waals surface area contributed by atoms with E-state index < -0.39 is 12.2 Å². The highest BCUT2D eigenvalue weighted by molar-refractivity contribution is 6.30. The maximum Gasteiger partial charge on any atom is 0.334 e. The van der Waals surface area contributed by atoms with Crippen molar-refractivity contribution in [3.63, 3.8) is 0 Å². The molecule has 3 aromatic carbocycles. The Balaban J connectivity index is 0.00000198. The zero-order valence-electron chi connectivity index (χ0n) is 23.9. The molecular formula is C31H35Cl2N5O4. The second kappa shape index (κ2) is 14.4. The molecule has 2 saturated heterocycles. The van der Waals surface area contributed by atoms with E-state index in [1.807, 2.05) is 66.7 Å². The third-order valence-electron chi connectivity index (χ3n) is 7.31. The minimum absolute atomic E-state index is 0.0150. The van der Waals surface area contributed by atoms with Crippen LogP contribution >= 0.6 is 23.2 Å². The van der Waals surface area contributed by atoms with Crippen molar-refractivity contribution in [1.29, 1.82) is 0 Å². The second-order valence-corrected chi connectivity index (χ2v) is 10.4. The molecular weight excluding hydrogens is 577 g/mol. The van der Waals surface area contributed by atoms with Gasteiger partial charge in [0, 0.05) is 38.0 Å². The number of carbonyl (C=O) groups excluding carboxylic acids is 3. The Morgan fingerprint density at radius 3 is 2.21 bits per heavy atom. The van der Waals surface area contributed by atoms with Crippen LogP contribution in [0.5, 0.6) is 5.75 Å². The number of hydrazine groups is 1. The molecule has 3 aromatic rings. The quantitative estimate of drug-likeness (QED) is 0.401. The lowest BCUT2D eigenvalue weighted by molar-refractivity contribution is -0.187. The van der Waals surface area contributed by atoms with Crippen molar-refractivity contribution < 1.29 is 19.1 Å². The number of methoxy groups -OCH3 is 1. The molecule has 9 nitrogen and oxygen atoms in total. The van der Waals surface area contributed by atoms with Gasteiger partial charge in [0.05, 0.1) is 20.2 Å². The van der Waals surface area contributed by atoms with Crippen molar-refractivity contribution in [2.24, 2.45) is 0 Å². The molecule has 222 valence electrons. The summed E-state index contributed by atoms with van der Waals surface area (Å²) in [5.41, 5.74) is 2.76. The van der Waals surface area contributed by atoms with E-state index in [0.29, 0.717) is 30.3 Å². The Bertz CT molecular complexity index is 1360. The van der Waals surface area contributed by atoms with Crippen LogP contribution in [0.25, 0.3) is 0 Å². The van der Waals surface area contributed by atoms with Gasteiger partial charge in [0.25, 0.3) is 0 Å². The zero-order valence-corrected chi connectivity index (χ0v) is 25.4. The van der Waals surface area contributed by atoms with Crippen molar-refractivity contribution in [3.05, 3.63) is 101 Å². The summed E-state index contributed by atoms with van der Waals surface area (Å²) in [5, 5.41) is 6.78. The summed E-state index contributed by atoms with van der Waals surface area (Å²) in [5.74, 6) is 0.347. The number of rotatable bonds is 7. The molecule has 0 spiro atoms. The van der Waals surface area contributed by atoms with E-state index in [-0.39, 0.29) is 30.9 Å². The number of ether oxygens (including phenoxy) is 1. The first-order chi connectivity index (χ1) is 20.3. The molecule has 0 bridgehead atoms. The number of alkyl halides is 1. The van der Waals surface area contributed by atoms with Crippen LogP contribution in [0.1, 0.15) is 16.7 Å². The summed E-state index contributed by atoms with van der Waals surface area (Å²) in [7, 11) is 3.31. The number of benzene rings is 3. The highest BCUT2D eigenvalue weighted by Crippen LogP contribution is 2.29. The Morgan fingerprint density at radius 2 is 1.57 bits per heavy atom. The number of nitrogens with one attached hydrogen (secondary N) is 1. The number of amides is 4. The average Bonchev–Trinajstić information content (AvgIpc) is 3.01. The number of urea groups is 1. The van der Waals surface area contributed by atoms with Crippen LogP contribution in [0.2, 0.25) is 5.02 Å². The first-order valence-corrected chi connectivity index (χ1v) is 14.6. The topological polar surface area (TPSA) is 85.4 Å². The maximum absolute atomic E-state index is 13.9. The first kappa shape index (κ1) is 31.2. The monoisotopic (exact) mass is 611 g/mol. The van der Waals surface area contributed by atoms with E-state index in [9.17, 15) is 14.4 Å². The van der Waals surface area contributed by atoms with Crippen LogP contribution in [-0.2, 0) is 29.1 Å². The van der Waals surface area contributed by atoms with Crippen LogP contribution in [0.3, 0.4) is 0 Å². The summed E-state index contributed by atoms with van der Waals surface area (Å²) < 4.78 is 5.28. The first-order valence-electron chi connectivity index (χ1n) is 13.5. The summed E-state index contributed by atoms with van der Waals surface area (Å²) >= 11 is 10.7. The molecule has 42 heavy (non-hydrogen) atoms. The van der Waals surface area contributed by atoms with E-state index in [1.165, 1.54) is 6.38 Å². The van der Waals surface area contributed by atoms with Gasteiger partial charge < -0.3 is 19.9 Å². The molecule has 11 heteroatoms. The zero-order chi connectivity index (χ0) is 30.2. The number of fused-ring (bicyclic) bond motifs is 1. The largest absolute Gasteiger partial charge is 0.497 e. The molecule has 2 heterocycles. The molecule has 0 radical (unpaired) electrons. The van der Waals surface area contributed by atoms with Gasteiger partial charge in [0.15, 0.2) is 0 Å². The van der Waals surface area contributed by atoms with E-state index in [2.05, 4.69) is 16.9 Å². The van der Waals surface area contributed by atoms with Crippen molar-refractivity contribution in [1.82, 2.24) is 25.1 Å². The highest BCUT2D eigenvalue weighted by Gasteiger charge is 2.50. The van der Waals surface area contributed by atoms with Crippen molar-refractivity contribution >= 4 is 41.0 Å². The molecule has 1 N–H and O–H groups in total. The molecule has 2 aliphatic heterocycles. The minimum atomic E-state index is -0.773. The summed E-state index contributed by atoms with van der Waals surface area (Å²) in [6.45, 7) is 0.832. The Kier molecular flexibility index (Phi) is 10.7. The summed E-state index contributed by atoms with van der Waals surface area (Å²) in [6.07, 6.45) is 1.11. The molecule has 2 atom stereocenters. The molecule has 2 aliphatic rings. The Labute approximate surface area is 256 Å². The molecule has 4 amide bonds. The van der Waals surface area contributed by atoms with Crippen LogP contribution in [0.15, 0.2) is 78.9 Å². The number of nitrogens with zero attached hydrogens (tertiary/aromatic N) is 4. The smallest absolute Gasteiger partial charge is 0.334 e. The van der Waals surface area contributed by atoms with E-state index >= 15 is 0 Å². The van der Waals surface area contributed by atoms with Crippen LogP contribution in [0.4, 0.5) is 4.79 Å². The van der Waals surface area contributed by atoms with E-state index in [4.69, 9.17) is 16.3 Å². The lowest BCUT2D eigenvalue weighted by Crippen LogP contribution is -2.76. The van der Waals surface area contributed by atoms with Gasteiger partial charge in [-0.1, -0.05) is 66.2 Å². The van der Waals surface area contributed by atoms with Gasteiger partial charge in [0.2, 0.25) is 11.8 Å². The number of carbonyl (C=O) groups is 3. The van der Waals surface area contributed by atoms with Gasteiger partial charge in [-0.3, -0.25) is 9.59 Å². The fraction of sp³-hybridized carbons (Fsp3) is 0.323. The minimum Gasteiger partial charge on any atom is -0.497 e. The summed E-state index contributed by atoms with van der Waals surface area (Å²) in [4.78, 5) is 44.3. The normalized spacial score (nSPS) is 18.6. The summed E-state index contributed by atoms with van der Waals surface area (Å²) in [6, 6.07) is 23.3. The van der Waals surface area contributed by atoms with Gasteiger partial charge in [0.1, 0.15) is 18.0 Å². The highest BCUT2D eigenvalue weighted by atomic mass is 35.5. The number of hydrogen-bond acceptors (Lipinski definition) is 5. The van der Waals surface area contributed by atoms with Crippen LogP contribution < -0.4 is 10.1 Å². The maximum atomic E-state index is 13.9. The lowest BCUT2D eigenvalue weighted by Gasteiger charge is -2.54. The van der Waals surface area contributed by atoms with Crippen molar-refractivity contribution in [3.8, 4) is 5.75 Å². The third-order valence-corrected chi connectivity index (χ3v) is 7.56. The van der Waals surface area contributed by atoms with Crippen LogP contribution in [-0.4, -0.2) is 83.5 Å². The van der Waals surface area contributed by atoms with Gasteiger partial charge in [-0.15, -0.1) is 11.6 Å². The number of hydrogen-bond donors (Lipinski definition) is 1. The number of piperazine rings is 1. The Hall–Kier alpha value is -3.79.